The Bertz CT molecular complexity index is 736. The van der Waals surface area contributed by atoms with Gasteiger partial charge in [-0.1, -0.05) is 6.92 Å². The highest BCUT2D eigenvalue weighted by atomic mass is 35.5. The van der Waals surface area contributed by atoms with Crippen molar-refractivity contribution in [1.29, 1.82) is 0 Å². The van der Waals surface area contributed by atoms with Crippen LogP contribution in [0.5, 0.6) is 0 Å². The molecule has 0 aliphatic carbocycles. The summed E-state index contributed by atoms with van der Waals surface area (Å²) in [5, 5.41) is 3.36. The van der Waals surface area contributed by atoms with Gasteiger partial charge in [-0.3, -0.25) is 4.79 Å². The molecule has 156 valence electrons. The molecule has 1 aliphatic heterocycles. The smallest absolute Gasteiger partial charge is 0.256 e. The van der Waals surface area contributed by atoms with E-state index in [1.54, 1.807) is 12.4 Å². The van der Waals surface area contributed by atoms with Crippen molar-refractivity contribution in [2.24, 2.45) is 7.05 Å². The maximum atomic E-state index is 13.1. The largest absolute Gasteiger partial charge is 0.357 e. The first-order chi connectivity index (χ1) is 12.7. The van der Waals surface area contributed by atoms with Gasteiger partial charge in [0.15, 0.2) is 0 Å². The zero-order chi connectivity index (χ0) is 18.5. The van der Waals surface area contributed by atoms with Crippen LogP contribution < -0.4 is 10.2 Å². The van der Waals surface area contributed by atoms with E-state index in [0.29, 0.717) is 18.7 Å². The zero-order valence-electron chi connectivity index (χ0n) is 16.7. The van der Waals surface area contributed by atoms with Crippen molar-refractivity contribution in [3.63, 3.8) is 0 Å². The third kappa shape index (κ3) is 5.16. The van der Waals surface area contributed by atoms with Gasteiger partial charge < -0.3 is 19.7 Å². The predicted molar refractivity (Wildman–Crippen MR) is 117 cm³/mol. The van der Waals surface area contributed by atoms with Gasteiger partial charge in [0.05, 0.1) is 5.56 Å². The van der Waals surface area contributed by atoms with Crippen LogP contribution in [0.1, 0.15) is 42.5 Å². The van der Waals surface area contributed by atoms with E-state index in [-0.39, 0.29) is 36.8 Å². The van der Waals surface area contributed by atoms with E-state index in [2.05, 4.69) is 34.0 Å². The lowest BCUT2D eigenvalue weighted by Crippen LogP contribution is -2.49. The van der Waals surface area contributed by atoms with Crippen LogP contribution in [0.4, 0.5) is 5.82 Å². The van der Waals surface area contributed by atoms with Crippen LogP contribution in [0.2, 0.25) is 0 Å². The summed E-state index contributed by atoms with van der Waals surface area (Å²) in [6.07, 6.45) is 6.46. The number of imidazole rings is 1. The molecule has 3 heterocycles. The van der Waals surface area contributed by atoms with E-state index >= 15 is 0 Å². The molecule has 3 rings (SSSR count). The Balaban J connectivity index is 0.00000196. The maximum absolute atomic E-state index is 13.1. The maximum Gasteiger partial charge on any atom is 0.256 e. The lowest BCUT2D eigenvalue weighted by Gasteiger charge is -2.35. The SMILES string of the molecule is CCCN(CC)c1ccc(C(=O)N2CCNCC2c2nccn2C)cn1.Cl.Cl. The Morgan fingerprint density at radius 3 is 2.64 bits per heavy atom. The van der Waals surface area contributed by atoms with Gasteiger partial charge in [0.1, 0.15) is 17.7 Å². The number of piperazine rings is 1. The summed E-state index contributed by atoms with van der Waals surface area (Å²) in [6.45, 7) is 8.32. The molecule has 1 N–H and O–H groups in total. The van der Waals surface area contributed by atoms with Crippen molar-refractivity contribution < 1.29 is 4.79 Å². The summed E-state index contributed by atoms with van der Waals surface area (Å²) in [7, 11) is 1.96. The molecule has 28 heavy (non-hydrogen) atoms. The Hall–Kier alpha value is -1.83. The summed E-state index contributed by atoms with van der Waals surface area (Å²) < 4.78 is 1.98. The van der Waals surface area contributed by atoms with Gasteiger partial charge in [0.25, 0.3) is 5.91 Å². The van der Waals surface area contributed by atoms with Gasteiger partial charge in [-0.2, -0.15) is 0 Å². The van der Waals surface area contributed by atoms with Gasteiger partial charge in [-0.05, 0) is 25.5 Å². The molecular weight excluding hydrogens is 399 g/mol. The highest BCUT2D eigenvalue weighted by Crippen LogP contribution is 2.23. The molecule has 1 amide bonds. The summed E-state index contributed by atoms with van der Waals surface area (Å²) in [4.78, 5) is 26.2. The average Bonchev–Trinajstić information content (AvgIpc) is 3.11. The van der Waals surface area contributed by atoms with Crippen molar-refractivity contribution >= 4 is 36.5 Å². The minimum atomic E-state index is -0.0665. The number of pyridine rings is 1. The summed E-state index contributed by atoms with van der Waals surface area (Å²) in [5.74, 6) is 1.83. The third-order valence-electron chi connectivity index (χ3n) is 4.85. The number of aryl methyl sites for hydroxylation is 1. The van der Waals surface area contributed by atoms with Gasteiger partial charge in [-0.25, -0.2) is 9.97 Å². The topological polar surface area (TPSA) is 66.3 Å². The minimum absolute atomic E-state index is 0. The Kier molecular flexibility index (Phi) is 9.72. The fraction of sp³-hybridized carbons (Fsp3) is 0.526. The number of nitrogens with zero attached hydrogens (tertiary/aromatic N) is 5. The molecule has 0 spiro atoms. The number of amides is 1. The number of hydrogen-bond donors (Lipinski definition) is 1. The molecule has 0 bridgehead atoms. The first kappa shape index (κ1) is 24.2. The minimum Gasteiger partial charge on any atom is -0.357 e. The zero-order valence-corrected chi connectivity index (χ0v) is 18.3. The first-order valence-electron chi connectivity index (χ1n) is 9.35. The number of halogens is 2. The molecule has 0 saturated carbocycles. The normalized spacial score (nSPS) is 16.1. The number of nitrogens with one attached hydrogen (secondary N) is 1. The van der Waals surface area contributed by atoms with Crippen molar-refractivity contribution in [3.05, 3.63) is 42.1 Å². The number of carbonyl (C=O) groups excluding carboxylic acids is 1. The number of rotatable bonds is 6. The van der Waals surface area contributed by atoms with Gasteiger partial charge >= 0.3 is 0 Å². The molecule has 1 saturated heterocycles. The molecule has 1 unspecified atom stereocenters. The molecule has 7 nitrogen and oxygen atoms in total. The molecular formula is C19H30Cl2N6O. The number of anilines is 1. The van der Waals surface area contributed by atoms with E-state index < -0.39 is 0 Å². The van der Waals surface area contributed by atoms with E-state index in [1.165, 1.54) is 0 Å². The highest BCUT2D eigenvalue weighted by molar-refractivity contribution is 5.94. The Labute approximate surface area is 179 Å². The Morgan fingerprint density at radius 1 is 1.29 bits per heavy atom. The van der Waals surface area contributed by atoms with Crippen LogP contribution in [0.25, 0.3) is 0 Å². The van der Waals surface area contributed by atoms with Crippen molar-refractivity contribution in [2.45, 2.75) is 26.3 Å². The highest BCUT2D eigenvalue weighted by Gasteiger charge is 2.31. The van der Waals surface area contributed by atoms with Crippen molar-refractivity contribution in [3.8, 4) is 0 Å². The van der Waals surface area contributed by atoms with E-state index in [9.17, 15) is 4.79 Å². The fourth-order valence-corrected chi connectivity index (χ4v) is 3.45. The van der Waals surface area contributed by atoms with Crippen LogP contribution in [-0.2, 0) is 7.05 Å². The lowest BCUT2D eigenvalue weighted by atomic mass is 10.1. The molecule has 2 aromatic rings. The molecule has 1 atom stereocenters. The first-order valence-corrected chi connectivity index (χ1v) is 9.35. The van der Waals surface area contributed by atoms with Gasteiger partial charge in [0, 0.05) is 58.4 Å². The van der Waals surface area contributed by atoms with Crippen LogP contribution in [0.15, 0.2) is 30.7 Å². The molecule has 9 heteroatoms. The van der Waals surface area contributed by atoms with Crippen molar-refractivity contribution in [1.82, 2.24) is 24.8 Å². The van der Waals surface area contributed by atoms with Gasteiger partial charge in [-0.15, -0.1) is 24.8 Å². The third-order valence-corrected chi connectivity index (χ3v) is 4.85. The number of aromatic nitrogens is 3. The molecule has 2 aromatic heterocycles. The van der Waals surface area contributed by atoms with E-state index in [0.717, 1.165) is 37.7 Å². The Morgan fingerprint density at radius 2 is 2.07 bits per heavy atom. The summed E-state index contributed by atoms with van der Waals surface area (Å²) in [6, 6.07) is 3.77. The summed E-state index contributed by atoms with van der Waals surface area (Å²) in [5.41, 5.74) is 0.627. The van der Waals surface area contributed by atoms with Crippen molar-refractivity contribution in [2.75, 3.05) is 37.6 Å². The number of hydrogen-bond acceptors (Lipinski definition) is 5. The van der Waals surface area contributed by atoms with Gasteiger partial charge in [0.2, 0.25) is 0 Å². The quantitative estimate of drug-likeness (QED) is 0.765. The average molecular weight is 429 g/mol. The standard InChI is InChI=1S/C19H28N6O.2ClH/c1-4-10-24(5-2)17-7-6-15(13-22-17)19(26)25-12-8-20-14-16(25)18-21-9-11-23(18)3;;/h6-7,9,11,13,16,20H,4-5,8,10,12,14H2,1-3H3;2*1H. The second kappa shape index (κ2) is 11.2. The fourth-order valence-electron chi connectivity index (χ4n) is 3.45. The monoisotopic (exact) mass is 428 g/mol. The van der Waals surface area contributed by atoms with Crippen LogP contribution >= 0.6 is 24.8 Å². The van der Waals surface area contributed by atoms with E-state index in [1.807, 2.05) is 34.8 Å². The molecule has 0 aromatic carbocycles. The second-order valence-corrected chi connectivity index (χ2v) is 6.60. The van der Waals surface area contributed by atoms with Crippen LogP contribution in [-0.4, -0.2) is 58.1 Å². The predicted octanol–water partition coefficient (Wildman–Crippen LogP) is 2.68. The van der Waals surface area contributed by atoms with Crippen LogP contribution in [0.3, 0.4) is 0 Å². The molecule has 0 radical (unpaired) electrons. The second-order valence-electron chi connectivity index (χ2n) is 6.60. The molecule has 1 fully saturated rings. The van der Waals surface area contributed by atoms with Crippen LogP contribution in [0, 0.1) is 0 Å². The molecule has 1 aliphatic rings. The number of carbonyl (C=O) groups is 1. The lowest BCUT2D eigenvalue weighted by molar-refractivity contribution is 0.0620. The van der Waals surface area contributed by atoms with E-state index in [4.69, 9.17) is 0 Å². The summed E-state index contributed by atoms with van der Waals surface area (Å²) >= 11 is 0.